The molecule has 0 aliphatic carbocycles. The first-order valence-corrected chi connectivity index (χ1v) is 13.4. The van der Waals surface area contributed by atoms with E-state index in [2.05, 4.69) is 42.6 Å². The summed E-state index contributed by atoms with van der Waals surface area (Å²) in [5.41, 5.74) is 2.86. The van der Waals surface area contributed by atoms with Crippen molar-refractivity contribution >= 4 is 27.6 Å². The van der Waals surface area contributed by atoms with Gasteiger partial charge < -0.3 is 19.9 Å². The average molecular weight is 500 g/mol. The van der Waals surface area contributed by atoms with Crippen molar-refractivity contribution < 1.29 is 19.4 Å². The van der Waals surface area contributed by atoms with Crippen LogP contribution in [0.3, 0.4) is 0 Å². The van der Waals surface area contributed by atoms with Gasteiger partial charge in [0.05, 0.1) is 11.1 Å². The molecule has 0 radical (unpaired) electrons. The smallest absolute Gasteiger partial charge is 0.335 e. The van der Waals surface area contributed by atoms with Gasteiger partial charge in [-0.2, -0.15) is 5.10 Å². The monoisotopic (exact) mass is 499 g/mol. The van der Waals surface area contributed by atoms with Crippen molar-refractivity contribution in [2.45, 2.75) is 63.8 Å². The molecule has 7 nitrogen and oxygen atoms in total. The van der Waals surface area contributed by atoms with Crippen molar-refractivity contribution in [3.8, 4) is 17.0 Å². The second-order valence-electron chi connectivity index (χ2n) is 10.1. The van der Waals surface area contributed by atoms with Crippen molar-refractivity contribution in [2.24, 2.45) is 0 Å². The lowest BCUT2D eigenvalue weighted by Crippen LogP contribution is -2.38. The molecule has 0 spiro atoms. The number of ether oxygens (including phenoxy) is 2. The Balaban J connectivity index is 1.36. The SMILES string of the molecule is CCC(Oc1ccc2cc(-c3nn(C4CCCCO4)c4ccc(C(=O)O)cc34)ccc2c1)C1CCCN1. The number of benzene rings is 3. The summed E-state index contributed by atoms with van der Waals surface area (Å²) in [4.78, 5) is 11.7. The van der Waals surface area contributed by atoms with Crippen LogP contribution in [0, 0.1) is 0 Å². The summed E-state index contributed by atoms with van der Waals surface area (Å²) in [5, 5.41) is 21.1. The highest BCUT2D eigenvalue weighted by Crippen LogP contribution is 2.35. The Morgan fingerprint density at radius 1 is 1.11 bits per heavy atom. The molecular weight excluding hydrogens is 466 g/mol. The first-order valence-electron chi connectivity index (χ1n) is 13.4. The lowest BCUT2D eigenvalue weighted by atomic mass is 10.0. The topological polar surface area (TPSA) is 85.6 Å². The van der Waals surface area contributed by atoms with Crippen molar-refractivity contribution in [3.63, 3.8) is 0 Å². The lowest BCUT2D eigenvalue weighted by molar-refractivity contribution is -0.0365. The number of fused-ring (bicyclic) bond motifs is 2. The highest BCUT2D eigenvalue weighted by atomic mass is 16.5. The van der Waals surface area contributed by atoms with Crippen LogP contribution in [-0.2, 0) is 4.74 Å². The fourth-order valence-electron chi connectivity index (χ4n) is 5.72. The Hall–Kier alpha value is -3.42. The first-order chi connectivity index (χ1) is 18.1. The van der Waals surface area contributed by atoms with Crippen LogP contribution in [0.4, 0.5) is 0 Å². The number of nitrogens with one attached hydrogen (secondary N) is 1. The molecule has 2 saturated heterocycles. The number of aromatic nitrogens is 2. The summed E-state index contributed by atoms with van der Waals surface area (Å²) >= 11 is 0. The van der Waals surface area contributed by atoms with Crippen molar-refractivity contribution in [1.29, 1.82) is 0 Å². The van der Waals surface area contributed by atoms with E-state index >= 15 is 0 Å². The Kier molecular flexibility index (Phi) is 6.57. The predicted molar refractivity (Wildman–Crippen MR) is 144 cm³/mol. The summed E-state index contributed by atoms with van der Waals surface area (Å²) in [6, 6.07) is 18.1. The Morgan fingerprint density at radius 3 is 2.73 bits per heavy atom. The molecule has 4 aromatic rings. The zero-order valence-corrected chi connectivity index (χ0v) is 21.2. The molecule has 3 aromatic carbocycles. The summed E-state index contributed by atoms with van der Waals surface area (Å²) in [7, 11) is 0. The molecule has 3 atom stereocenters. The van der Waals surface area contributed by atoms with E-state index in [0.717, 1.165) is 77.3 Å². The molecule has 2 fully saturated rings. The molecule has 1 aromatic heterocycles. The zero-order chi connectivity index (χ0) is 25.4. The van der Waals surface area contributed by atoms with Gasteiger partial charge in [0, 0.05) is 23.6 Å². The Morgan fingerprint density at radius 2 is 1.97 bits per heavy atom. The van der Waals surface area contributed by atoms with E-state index in [-0.39, 0.29) is 17.9 Å². The number of hydrogen-bond acceptors (Lipinski definition) is 5. The van der Waals surface area contributed by atoms with Gasteiger partial charge in [0.25, 0.3) is 0 Å². The molecule has 2 N–H and O–H groups in total. The number of hydrogen-bond donors (Lipinski definition) is 2. The van der Waals surface area contributed by atoms with Gasteiger partial charge >= 0.3 is 5.97 Å². The number of carboxylic acids is 1. The molecule has 2 aliphatic rings. The minimum atomic E-state index is -0.946. The van der Waals surface area contributed by atoms with Crippen LogP contribution >= 0.6 is 0 Å². The molecular formula is C30H33N3O4. The largest absolute Gasteiger partial charge is 0.489 e. The fraction of sp³-hybridized carbons (Fsp3) is 0.400. The van der Waals surface area contributed by atoms with E-state index in [4.69, 9.17) is 14.6 Å². The van der Waals surface area contributed by atoms with Crippen LogP contribution in [0.5, 0.6) is 5.75 Å². The summed E-state index contributed by atoms with van der Waals surface area (Å²) in [6.45, 7) is 3.95. The standard InChI is InChI=1S/C30H33N3O4/c1-2-27(25-6-5-14-31-25)37-23-12-10-19-16-21(9-8-20(19)17-23)29-24-18-22(30(34)35)11-13-26(24)33(32-29)28-7-3-4-15-36-28/h8-13,16-18,25,27-28,31H,2-7,14-15H2,1H3,(H,34,35). The second-order valence-corrected chi connectivity index (χ2v) is 10.1. The van der Waals surface area contributed by atoms with Crippen LogP contribution < -0.4 is 10.1 Å². The molecule has 6 rings (SSSR count). The van der Waals surface area contributed by atoms with Gasteiger partial charge in [-0.1, -0.05) is 25.1 Å². The van der Waals surface area contributed by atoms with E-state index in [9.17, 15) is 9.90 Å². The van der Waals surface area contributed by atoms with Gasteiger partial charge in [0.2, 0.25) is 0 Å². The maximum Gasteiger partial charge on any atom is 0.335 e. The third-order valence-electron chi connectivity index (χ3n) is 7.70. The summed E-state index contributed by atoms with van der Waals surface area (Å²) in [6.07, 6.45) is 6.40. The van der Waals surface area contributed by atoms with Gasteiger partial charge in [-0.05, 0) is 92.2 Å². The van der Waals surface area contributed by atoms with Crippen LogP contribution in [0.1, 0.15) is 62.0 Å². The lowest BCUT2D eigenvalue weighted by Gasteiger charge is -2.24. The van der Waals surface area contributed by atoms with Gasteiger partial charge in [0.1, 0.15) is 17.5 Å². The summed E-state index contributed by atoms with van der Waals surface area (Å²) < 4.78 is 14.3. The highest BCUT2D eigenvalue weighted by Gasteiger charge is 2.25. The van der Waals surface area contributed by atoms with Gasteiger partial charge in [-0.25, -0.2) is 9.48 Å². The van der Waals surface area contributed by atoms with Crippen molar-refractivity contribution in [2.75, 3.05) is 13.2 Å². The molecule has 0 amide bonds. The maximum atomic E-state index is 11.7. The van der Waals surface area contributed by atoms with E-state index in [1.54, 1.807) is 12.1 Å². The van der Waals surface area contributed by atoms with Crippen LogP contribution in [0.2, 0.25) is 0 Å². The second kappa shape index (κ2) is 10.1. The van der Waals surface area contributed by atoms with Crippen molar-refractivity contribution in [1.82, 2.24) is 15.1 Å². The molecule has 3 unspecified atom stereocenters. The molecule has 192 valence electrons. The van der Waals surface area contributed by atoms with E-state index < -0.39 is 5.97 Å². The number of aromatic carboxylic acids is 1. The quantitative estimate of drug-likeness (QED) is 0.317. The molecule has 0 bridgehead atoms. The molecule has 0 saturated carbocycles. The van der Waals surface area contributed by atoms with Gasteiger partial charge in [-0.15, -0.1) is 0 Å². The molecule has 7 heteroatoms. The van der Waals surface area contributed by atoms with Crippen LogP contribution in [-0.4, -0.2) is 46.2 Å². The maximum absolute atomic E-state index is 11.7. The number of rotatable bonds is 7. The van der Waals surface area contributed by atoms with Crippen molar-refractivity contribution in [3.05, 3.63) is 60.2 Å². The minimum absolute atomic E-state index is 0.137. The predicted octanol–water partition coefficient (Wildman–Crippen LogP) is 6.16. The van der Waals surface area contributed by atoms with Gasteiger partial charge in [-0.3, -0.25) is 0 Å². The Labute approximate surface area is 216 Å². The highest BCUT2D eigenvalue weighted by molar-refractivity contribution is 6.00. The number of carbonyl (C=O) groups is 1. The molecule has 3 heterocycles. The summed E-state index contributed by atoms with van der Waals surface area (Å²) in [5.74, 6) is -0.0604. The van der Waals surface area contributed by atoms with E-state index in [1.807, 2.05) is 16.8 Å². The number of carboxylic acid groups (broad SMARTS) is 1. The third-order valence-corrected chi connectivity index (χ3v) is 7.70. The average Bonchev–Trinajstić information content (AvgIpc) is 3.60. The third kappa shape index (κ3) is 4.69. The Bertz CT molecular complexity index is 1430. The fourth-order valence-corrected chi connectivity index (χ4v) is 5.72. The normalized spacial score (nSPS) is 20.9. The van der Waals surface area contributed by atoms with E-state index in [1.165, 1.54) is 6.42 Å². The van der Waals surface area contributed by atoms with Gasteiger partial charge in [0.15, 0.2) is 6.23 Å². The molecule has 2 aliphatic heterocycles. The van der Waals surface area contributed by atoms with E-state index in [0.29, 0.717) is 12.6 Å². The minimum Gasteiger partial charge on any atom is -0.489 e. The van der Waals surface area contributed by atoms with Crippen LogP contribution in [0.15, 0.2) is 54.6 Å². The molecule has 37 heavy (non-hydrogen) atoms. The van der Waals surface area contributed by atoms with Crippen LogP contribution in [0.25, 0.3) is 32.9 Å². The first kappa shape index (κ1) is 23.9. The zero-order valence-electron chi connectivity index (χ0n) is 21.2. The number of nitrogens with zero attached hydrogens (tertiary/aromatic N) is 2.